The van der Waals surface area contributed by atoms with Crippen molar-refractivity contribution in [1.29, 1.82) is 0 Å². The molecule has 0 radical (unpaired) electrons. The van der Waals surface area contributed by atoms with E-state index >= 15 is 0 Å². The Labute approximate surface area is 135 Å². The SMILES string of the molecule is CC1(C)CCC[C@]2(C)[C@H]3CC(=O)[C@]45CCC[C@H]4[C@@]3(CC[C@@H]12)C5. The van der Waals surface area contributed by atoms with Crippen LogP contribution in [0.3, 0.4) is 0 Å². The molecule has 6 rings (SSSR count). The minimum atomic E-state index is 0.184. The van der Waals surface area contributed by atoms with E-state index in [9.17, 15) is 4.79 Å². The van der Waals surface area contributed by atoms with Crippen molar-refractivity contribution >= 4 is 5.78 Å². The van der Waals surface area contributed by atoms with Crippen LogP contribution in [-0.4, -0.2) is 5.78 Å². The maximum atomic E-state index is 13.1. The molecule has 6 saturated carbocycles. The quantitative estimate of drug-likeness (QED) is 0.587. The second kappa shape index (κ2) is 3.83. The smallest absolute Gasteiger partial charge is 0.139 e. The molecular formula is C21H32O. The fraction of sp³-hybridized carbons (Fsp3) is 0.952. The van der Waals surface area contributed by atoms with Crippen molar-refractivity contribution in [2.45, 2.75) is 85.0 Å². The topological polar surface area (TPSA) is 17.1 Å². The van der Waals surface area contributed by atoms with Crippen LogP contribution in [0.5, 0.6) is 0 Å². The van der Waals surface area contributed by atoms with Gasteiger partial charge >= 0.3 is 0 Å². The average Bonchev–Trinajstić information content (AvgIpc) is 2.79. The van der Waals surface area contributed by atoms with E-state index in [-0.39, 0.29) is 5.41 Å². The lowest BCUT2D eigenvalue weighted by Crippen LogP contribution is -2.71. The summed E-state index contributed by atoms with van der Waals surface area (Å²) in [5.74, 6) is 3.05. The van der Waals surface area contributed by atoms with Crippen molar-refractivity contribution in [2.24, 2.45) is 39.4 Å². The third kappa shape index (κ3) is 1.30. The first-order valence-electron chi connectivity index (χ1n) is 9.89. The zero-order valence-electron chi connectivity index (χ0n) is 14.7. The Morgan fingerprint density at radius 1 is 0.864 bits per heavy atom. The summed E-state index contributed by atoms with van der Waals surface area (Å²) in [6, 6.07) is 0. The molecule has 2 bridgehead atoms. The molecule has 0 amide bonds. The third-order valence-electron chi connectivity index (χ3n) is 9.73. The lowest BCUT2D eigenvalue weighted by Gasteiger charge is -2.75. The van der Waals surface area contributed by atoms with Gasteiger partial charge in [0.15, 0.2) is 0 Å². The summed E-state index contributed by atoms with van der Waals surface area (Å²) in [4.78, 5) is 13.1. The number of rotatable bonds is 0. The van der Waals surface area contributed by atoms with Gasteiger partial charge < -0.3 is 0 Å². The molecular weight excluding hydrogens is 268 g/mol. The molecule has 6 aliphatic rings. The molecule has 122 valence electrons. The zero-order valence-corrected chi connectivity index (χ0v) is 14.7. The molecule has 2 spiro atoms. The number of hydrogen-bond donors (Lipinski definition) is 0. The van der Waals surface area contributed by atoms with E-state index in [4.69, 9.17) is 0 Å². The molecule has 0 saturated heterocycles. The first-order chi connectivity index (χ1) is 10.4. The Bertz CT molecular complexity index is 548. The van der Waals surface area contributed by atoms with Crippen molar-refractivity contribution in [3.8, 4) is 0 Å². The van der Waals surface area contributed by atoms with Gasteiger partial charge in [0.2, 0.25) is 0 Å². The van der Waals surface area contributed by atoms with Gasteiger partial charge in [-0.2, -0.15) is 0 Å². The van der Waals surface area contributed by atoms with Gasteiger partial charge in [-0.1, -0.05) is 33.6 Å². The normalized spacial score (nSPS) is 58.3. The summed E-state index contributed by atoms with van der Waals surface area (Å²) in [6.07, 6.45) is 13.2. The molecule has 0 aromatic carbocycles. The number of Topliss-reactive ketones (excluding diaryl/α,β-unsaturated/α-hetero) is 1. The highest BCUT2D eigenvalue weighted by Crippen LogP contribution is 2.81. The van der Waals surface area contributed by atoms with Gasteiger partial charge in [-0.15, -0.1) is 0 Å². The predicted molar refractivity (Wildman–Crippen MR) is 88.4 cm³/mol. The highest BCUT2D eigenvalue weighted by Gasteiger charge is 2.77. The highest BCUT2D eigenvalue weighted by molar-refractivity contribution is 5.89. The van der Waals surface area contributed by atoms with E-state index < -0.39 is 0 Å². The molecule has 22 heavy (non-hydrogen) atoms. The molecule has 0 aromatic rings. The van der Waals surface area contributed by atoms with Crippen LogP contribution >= 0.6 is 0 Å². The summed E-state index contributed by atoms with van der Waals surface area (Å²) < 4.78 is 0. The van der Waals surface area contributed by atoms with Crippen LogP contribution in [0.15, 0.2) is 0 Å². The molecule has 0 aromatic heterocycles. The van der Waals surface area contributed by atoms with Crippen molar-refractivity contribution in [3.05, 3.63) is 0 Å². The maximum Gasteiger partial charge on any atom is 0.139 e. The monoisotopic (exact) mass is 300 g/mol. The second-order valence-corrected chi connectivity index (χ2v) is 10.6. The van der Waals surface area contributed by atoms with Gasteiger partial charge in [0, 0.05) is 11.8 Å². The van der Waals surface area contributed by atoms with Crippen molar-refractivity contribution in [1.82, 2.24) is 0 Å². The summed E-state index contributed by atoms with van der Waals surface area (Å²) in [7, 11) is 0. The highest BCUT2D eigenvalue weighted by atomic mass is 16.1. The predicted octanol–water partition coefficient (Wildman–Crippen LogP) is 5.38. The van der Waals surface area contributed by atoms with Crippen LogP contribution in [0.2, 0.25) is 0 Å². The fourth-order valence-corrected chi connectivity index (χ4v) is 9.13. The largest absolute Gasteiger partial charge is 0.299 e. The van der Waals surface area contributed by atoms with Crippen LogP contribution in [0, 0.1) is 39.4 Å². The Kier molecular flexibility index (Phi) is 2.45. The van der Waals surface area contributed by atoms with Crippen LogP contribution in [0.4, 0.5) is 0 Å². The van der Waals surface area contributed by atoms with Gasteiger partial charge in [-0.05, 0) is 78.9 Å². The molecule has 0 aliphatic heterocycles. The van der Waals surface area contributed by atoms with E-state index in [0.717, 1.165) is 24.2 Å². The van der Waals surface area contributed by atoms with Gasteiger partial charge in [0.05, 0.1) is 0 Å². The Balaban J connectivity index is 1.59. The lowest BCUT2D eigenvalue weighted by molar-refractivity contribution is -0.254. The van der Waals surface area contributed by atoms with Gasteiger partial charge in [0.25, 0.3) is 0 Å². The van der Waals surface area contributed by atoms with E-state index in [2.05, 4.69) is 20.8 Å². The lowest BCUT2D eigenvalue weighted by atomic mass is 9.28. The molecule has 1 heteroatoms. The number of hydrogen-bond acceptors (Lipinski definition) is 1. The van der Waals surface area contributed by atoms with E-state index in [1.807, 2.05) is 0 Å². The number of carbonyl (C=O) groups excluding carboxylic acids is 1. The molecule has 6 atom stereocenters. The van der Waals surface area contributed by atoms with Gasteiger partial charge in [-0.3, -0.25) is 4.79 Å². The van der Waals surface area contributed by atoms with E-state index in [1.54, 1.807) is 0 Å². The summed E-state index contributed by atoms with van der Waals surface area (Å²) >= 11 is 0. The Hall–Kier alpha value is -0.330. The number of carbonyl (C=O) groups is 1. The van der Waals surface area contributed by atoms with Crippen LogP contribution in [-0.2, 0) is 4.79 Å². The average molecular weight is 300 g/mol. The van der Waals surface area contributed by atoms with Crippen LogP contribution in [0.1, 0.15) is 85.0 Å². The van der Waals surface area contributed by atoms with Crippen molar-refractivity contribution in [3.63, 3.8) is 0 Å². The molecule has 6 fully saturated rings. The first-order valence-corrected chi connectivity index (χ1v) is 9.89. The summed E-state index contributed by atoms with van der Waals surface area (Å²) in [5.41, 5.74) is 1.71. The third-order valence-corrected chi connectivity index (χ3v) is 9.73. The molecule has 0 N–H and O–H groups in total. The Morgan fingerprint density at radius 3 is 2.50 bits per heavy atom. The van der Waals surface area contributed by atoms with E-state index in [1.165, 1.54) is 57.8 Å². The number of ketones is 1. The maximum absolute atomic E-state index is 13.1. The molecule has 0 unspecified atom stereocenters. The fourth-order valence-electron chi connectivity index (χ4n) is 9.13. The second-order valence-electron chi connectivity index (χ2n) is 10.6. The van der Waals surface area contributed by atoms with Crippen molar-refractivity contribution in [2.75, 3.05) is 0 Å². The molecule has 0 heterocycles. The number of fused-ring (bicyclic) bond motifs is 2. The van der Waals surface area contributed by atoms with Crippen LogP contribution < -0.4 is 0 Å². The van der Waals surface area contributed by atoms with Crippen molar-refractivity contribution < 1.29 is 4.79 Å². The molecule has 1 nitrogen and oxygen atoms in total. The molecule has 6 aliphatic carbocycles. The Morgan fingerprint density at radius 2 is 1.68 bits per heavy atom. The van der Waals surface area contributed by atoms with Gasteiger partial charge in [0.1, 0.15) is 5.78 Å². The zero-order chi connectivity index (χ0) is 15.4. The standard InChI is InChI=1S/C21H32O/c1-18(2)8-5-9-19(3)14(18)7-11-20-13-21(10-4-6-15(20)21)17(22)12-16(19)20/h14-16H,4-13H2,1-3H3/t14-,15-,16+,19-,20+,21-/m0/s1. The summed E-state index contributed by atoms with van der Waals surface area (Å²) in [5, 5.41) is 0. The first kappa shape index (κ1) is 14.1. The minimum absolute atomic E-state index is 0.184. The van der Waals surface area contributed by atoms with Gasteiger partial charge in [-0.25, -0.2) is 0 Å². The summed E-state index contributed by atoms with van der Waals surface area (Å²) in [6.45, 7) is 7.62. The minimum Gasteiger partial charge on any atom is -0.299 e. The van der Waals surface area contributed by atoms with E-state index in [0.29, 0.717) is 22.0 Å². The van der Waals surface area contributed by atoms with Crippen LogP contribution in [0.25, 0.3) is 0 Å².